The molecule has 0 aliphatic carbocycles. The van der Waals surface area contributed by atoms with E-state index in [4.69, 9.17) is 16.3 Å². The van der Waals surface area contributed by atoms with Crippen LogP contribution in [-0.4, -0.2) is 61.2 Å². The number of aryl methyl sites for hydroxylation is 1. The number of benzene rings is 2. The Morgan fingerprint density at radius 2 is 1.88 bits per heavy atom. The van der Waals surface area contributed by atoms with Gasteiger partial charge in [0.05, 0.1) is 12.0 Å². The average molecular weight is 470 g/mol. The molecule has 3 aliphatic heterocycles. The van der Waals surface area contributed by atoms with E-state index in [2.05, 4.69) is 10.2 Å². The molecular formula is C25H28ClN3O4. The van der Waals surface area contributed by atoms with E-state index in [1.807, 2.05) is 36.4 Å². The molecule has 2 N–H and O–H groups in total. The van der Waals surface area contributed by atoms with Gasteiger partial charge in [-0.3, -0.25) is 14.5 Å². The molecule has 7 nitrogen and oxygen atoms in total. The van der Waals surface area contributed by atoms with E-state index in [9.17, 15) is 14.7 Å². The number of hydrogen-bond acceptors (Lipinski definition) is 5. The van der Waals surface area contributed by atoms with Crippen molar-refractivity contribution in [2.24, 2.45) is 0 Å². The molecule has 0 atom stereocenters. The number of rotatable bonds is 6. The van der Waals surface area contributed by atoms with Crippen molar-refractivity contribution in [3.63, 3.8) is 0 Å². The molecule has 3 heterocycles. The van der Waals surface area contributed by atoms with Crippen LogP contribution in [0.25, 0.3) is 0 Å². The first kappa shape index (κ1) is 22.2. The number of aliphatic hydroxyl groups is 1. The van der Waals surface area contributed by atoms with Crippen LogP contribution in [0.4, 0.5) is 11.4 Å². The smallest absolute Gasteiger partial charge is 0.235 e. The van der Waals surface area contributed by atoms with Crippen LogP contribution in [-0.2, 0) is 21.4 Å². The van der Waals surface area contributed by atoms with E-state index < -0.39 is 5.41 Å². The number of aliphatic hydroxyl groups excluding tert-OH is 1. The Morgan fingerprint density at radius 3 is 2.67 bits per heavy atom. The Labute approximate surface area is 198 Å². The lowest BCUT2D eigenvalue weighted by atomic mass is 9.73. The highest BCUT2D eigenvalue weighted by Crippen LogP contribution is 2.45. The minimum atomic E-state index is -0.478. The lowest BCUT2D eigenvalue weighted by Gasteiger charge is -2.38. The minimum absolute atomic E-state index is 0.0499. The van der Waals surface area contributed by atoms with Gasteiger partial charge in [0.1, 0.15) is 12.4 Å². The topological polar surface area (TPSA) is 82.1 Å². The molecule has 2 aromatic rings. The van der Waals surface area contributed by atoms with Crippen molar-refractivity contribution in [2.75, 3.05) is 49.6 Å². The Hall–Kier alpha value is -2.61. The number of ether oxygens (including phenoxy) is 1. The number of nitrogens with zero attached hydrogens (tertiary/aromatic N) is 2. The summed E-state index contributed by atoms with van der Waals surface area (Å²) in [6.07, 6.45) is 2.67. The molecule has 0 unspecified atom stereocenters. The predicted octanol–water partition coefficient (Wildman–Crippen LogP) is 2.98. The fourth-order valence-electron chi connectivity index (χ4n) is 5.30. The molecule has 1 spiro atoms. The second kappa shape index (κ2) is 8.97. The van der Waals surface area contributed by atoms with Crippen LogP contribution in [0.2, 0.25) is 5.02 Å². The zero-order valence-corrected chi connectivity index (χ0v) is 19.2. The van der Waals surface area contributed by atoms with Crippen LogP contribution in [0, 0.1) is 0 Å². The summed E-state index contributed by atoms with van der Waals surface area (Å²) in [5.74, 6) is 0.923. The summed E-state index contributed by atoms with van der Waals surface area (Å²) in [4.78, 5) is 28.9. The van der Waals surface area contributed by atoms with Gasteiger partial charge in [-0.2, -0.15) is 0 Å². The van der Waals surface area contributed by atoms with E-state index in [0.29, 0.717) is 31.0 Å². The maximum atomic E-state index is 12.8. The molecule has 1 fully saturated rings. The summed E-state index contributed by atoms with van der Waals surface area (Å²) >= 11 is 6.21. The van der Waals surface area contributed by atoms with Crippen molar-refractivity contribution in [1.82, 2.24) is 4.90 Å². The van der Waals surface area contributed by atoms with Gasteiger partial charge in [0.2, 0.25) is 11.8 Å². The third-order valence-corrected chi connectivity index (χ3v) is 7.38. The number of halogens is 1. The molecule has 8 heteroatoms. The SMILES string of the molecule is O=C1CCc2cc(OCCN3CCC4(CC3)C(=O)Nc3ccc(Cl)cc34)ccc2N1CCO. The highest BCUT2D eigenvalue weighted by atomic mass is 35.5. The molecule has 1 saturated heterocycles. The summed E-state index contributed by atoms with van der Waals surface area (Å²) in [5, 5.41) is 12.9. The molecule has 0 aromatic heterocycles. The van der Waals surface area contributed by atoms with Crippen molar-refractivity contribution >= 4 is 34.8 Å². The molecular weight excluding hydrogens is 442 g/mol. The quantitative estimate of drug-likeness (QED) is 0.679. The summed E-state index contributed by atoms with van der Waals surface area (Å²) < 4.78 is 6.02. The normalized spacial score (nSPS) is 19.4. The largest absolute Gasteiger partial charge is 0.492 e. The summed E-state index contributed by atoms with van der Waals surface area (Å²) in [7, 11) is 0. The van der Waals surface area contributed by atoms with E-state index in [1.54, 1.807) is 4.90 Å². The number of carbonyl (C=O) groups is 2. The molecule has 0 saturated carbocycles. The van der Waals surface area contributed by atoms with Crippen LogP contribution in [0.5, 0.6) is 5.75 Å². The number of fused-ring (bicyclic) bond motifs is 3. The van der Waals surface area contributed by atoms with Gasteiger partial charge in [-0.05, 0) is 79.9 Å². The maximum Gasteiger partial charge on any atom is 0.235 e. The first-order valence-corrected chi connectivity index (χ1v) is 11.9. The number of amides is 2. The molecule has 174 valence electrons. The van der Waals surface area contributed by atoms with E-state index >= 15 is 0 Å². The van der Waals surface area contributed by atoms with E-state index in [0.717, 1.165) is 60.7 Å². The fourth-order valence-corrected chi connectivity index (χ4v) is 5.48. The lowest BCUT2D eigenvalue weighted by molar-refractivity contribution is -0.122. The minimum Gasteiger partial charge on any atom is -0.492 e. The number of nitrogens with one attached hydrogen (secondary N) is 1. The van der Waals surface area contributed by atoms with Gasteiger partial charge < -0.3 is 20.1 Å². The standard InChI is InChI=1S/C25H28ClN3O4/c26-18-2-4-21-20(16-18)25(24(32)27-21)7-9-28(10-8-25)12-14-33-19-3-5-22-17(15-19)1-6-23(31)29(22)11-13-30/h2-5,15-16,30H,1,6-14H2,(H,27,32). The fraction of sp³-hybridized carbons (Fsp3) is 0.440. The number of anilines is 2. The third kappa shape index (κ3) is 4.09. The summed E-state index contributed by atoms with van der Waals surface area (Å²) in [6.45, 7) is 3.25. The van der Waals surface area contributed by atoms with Crippen molar-refractivity contribution in [1.29, 1.82) is 0 Å². The third-order valence-electron chi connectivity index (χ3n) is 7.14. The van der Waals surface area contributed by atoms with Gasteiger partial charge in [0, 0.05) is 35.9 Å². The van der Waals surface area contributed by atoms with Crippen LogP contribution >= 0.6 is 11.6 Å². The molecule has 0 radical (unpaired) electrons. The number of carbonyl (C=O) groups excluding carboxylic acids is 2. The number of hydrogen-bond donors (Lipinski definition) is 2. The van der Waals surface area contributed by atoms with Crippen molar-refractivity contribution in [3.8, 4) is 5.75 Å². The van der Waals surface area contributed by atoms with Crippen LogP contribution in [0.3, 0.4) is 0 Å². The Bertz CT molecular complexity index is 1080. The first-order valence-electron chi connectivity index (χ1n) is 11.5. The van der Waals surface area contributed by atoms with Gasteiger partial charge in [-0.25, -0.2) is 0 Å². The zero-order valence-electron chi connectivity index (χ0n) is 18.5. The van der Waals surface area contributed by atoms with Crippen molar-refractivity contribution in [2.45, 2.75) is 31.1 Å². The summed E-state index contributed by atoms with van der Waals surface area (Å²) in [5.41, 5.74) is 3.37. The number of piperidine rings is 1. The molecule has 2 amide bonds. The van der Waals surface area contributed by atoms with Crippen LogP contribution < -0.4 is 15.0 Å². The molecule has 5 rings (SSSR count). The zero-order chi connectivity index (χ0) is 23.0. The van der Waals surface area contributed by atoms with Gasteiger partial charge in [0.15, 0.2) is 0 Å². The number of β-amino-alcohol motifs (C(OH)–C–C–N with tert-alkyl or cyclic N) is 1. The van der Waals surface area contributed by atoms with Gasteiger partial charge in [0.25, 0.3) is 0 Å². The summed E-state index contributed by atoms with van der Waals surface area (Å²) in [6, 6.07) is 11.4. The average Bonchev–Trinajstić information content (AvgIpc) is 3.08. The monoisotopic (exact) mass is 469 g/mol. The second-order valence-electron chi connectivity index (χ2n) is 8.98. The van der Waals surface area contributed by atoms with Gasteiger partial charge in [-0.1, -0.05) is 11.6 Å². The van der Waals surface area contributed by atoms with Crippen molar-refractivity contribution in [3.05, 3.63) is 52.5 Å². The molecule has 33 heavy (non-hydrogen) atoms. The van der Waals surface area contributed by atoms with Gasteiger partial charge >= 0.3 is 0 Å². The van der Waals surface area contributed by atoms with Crippen LogP contribution in [0.1, 0.15) is 30.4 Å². The van der Waals surface area contributed by atoms with Gasteiger partial charge in [-0.15, -0.1) is 0 Å². The number of likely N-dealkylation sites (tertiary alicyclic amines) is 1. The second-order valence-corrected chi connectivity index (χ2v) is 9.41. The Kier molecular flexibility index (Phi) is 6.03. The first-order chi connectivity index (χ1) is 16.0. The highest BCUT2D eigenvalue weighted by molar-refractivity contribution is 6.31. The lowest BCUT2D eigenvalue weighted by Crippen LogP contribution is -2.47. The Balaban J connectivity index is 1.17. The van der Waals surface area contributed by atoms with E-state index in [-0.39, 0.29) is 18.4 Å². The van der Waals surface area contributed by atoms with Crippen molar-refractivity contribution < 1.29 is 19.4 Å². The Morgan fingerprint density at radius 1 is 1.06 bits per heavy atom. The van der Waals surface area contributed by atoms with Crippen LogP contribution in [0.15, 0.2) is 36.4 Å². The predicted molar refractivity (Wildman–Crippen MR) is 127 cm³/mol. The highest BCUT2D eigenvalue weighted by Gasteiger charge is 2.48. The maximum absolute atomic E-state index is 12.8. The molecule has 2 aromatic carbocycles. The molecule has 0 bridgehead atoms. The van der Waals surface area contributed by atoms with E-state index in [1.165, 1.54) is 0 Å². The molecule has 3 aliphatic rings.